The van der Waals surface area contributed by atoms with Gasteiger partial charge in [0.25, 0.3) is 0 Å². The number of carbonyl (C=O) groups excluding carboxylic acids is 1. The Balaban J connectivity index is 1.68. The molecule has 0 saturated carbocycles. The van der Waals surface area contributed by atoms with Gasteiger partial charge >= 0.3 is 0 Å². The van der Waals surface area contributed by atoms with Crippen LogP contribution >= 0.6 is 11.3 Å². The van der Waals surface area contributed by atoms with Crippen molar-refractivity contribution < 1.29 is 14.3 Å². The largest absolute Gasteiger partial charge is 0.481 e. The molecule has 26 heavy (non-hydrogen) atoms. The summed E-state index contributed by atoms with van der Waals surface area (Å²) in [7, 11) is 1.44. The predicted octanol–water partition coefficient (Wildman–Crippen LogP) is 3.10. The molecule has 6 nitrogen and oxygen atoms in total. The standard InChI is InChI=1S/C19H25N3O3S/c1-14-12-15-13-17(16(23)4-3-5-18(20)24-2)26-19(15)22(14)7-6-21-8-10-25-11-9-21/h3,5,12-13,20H,4,6-11H2,1-2H3. The number of ether oxygens (including phenoxy) is 2. The Hall–Kier alpha value is -1.96. The monoisotopic (exact) mass is 375 g/mol. The topological polar surface area (TPSA) is 67.5 Å². The summed E-state index contributed by atoms with van der Waals surface area (Å²) in [6.45, 7) is 7.64. The van der Waals surface area contributed by atoms with Crippen LogP contribution in [0.2, 0.25) is 0 Å². The number of Topliss-reactive ketones (excluding diaryl/α,β-unsaturated/α-hetero) is 1. The maximum atomic E-state index is 12.4. The average molecular weight is 375 g/mol. The molecular weight excluding hydrogens is 350 g/mol. The molecule has 0 aromatic carbocycles. The van der Waals surface area contributed by atoms with Crippen molar-refractivity contribution in [3.05, 3.63) is 34.9 Å². The molecule has 3 rings (SSSR count). The molecular formula is C19H25N3O3S. The molecule has 1 saturated heterocycles. The van der Waals surface area contributed by atoms with E-state index in [-0.39, 0.29) is 18.1 Å². The number of fused-ring (bicyclic) bond motifs is 1. The maximum Gasteiger partial charge on any atom is 0.205 e. The number of aryl methyl sites for hydroxylation is 1. The number of ketones is 1. The van der Waals surface area contributed by atoms with Crippen molar-refractivity contribution in [1.82, 2.24) is 9.47 Å². The first-order valence-corrected chi connectivity index (χ1v) is 9.62. The van der Waals surface area contributed by atoms with E-state index in [1.54, 1.807) is 17.4 Å². The van der Waals surface area contributed by atoms with Crippen molar-refractivity contribution in [2.24, 2.45) is 0 Å². The Labute approximate surface area is 157 Å². The minimum atomic E-state index is 0.0549. The first-order chi connectivity index (χ1) is 12.6. The third-order valence-corrected chi connectivity index (χ3v) is 5.80. The normalized spacial score (nSPS) is 15.8. The van der Waals surface area contributed by atoms with E-state index < -0.39 is 0 Å². The molecule has 0 atom stereocenters. The number of allylic oxidation sites excluding steroid dienone is 1. The lowest BCUT2D eigenvalue weighted by Crippen LogP contribution is -2.38. The van der Waals surface area contributed by atoms with E-state index in [0.717, 1.165) is 54.5 Å². The van der Waals surface area contributed by atoms with Crippen molar-refractivity contribution in [2.75, 3.05) is 40.0 Å². The third-order valence-electron chi connectivity index (χ3n) is 4.59. The van der Waals surface area contributed by atoms with Crippen molar-refractivity contribution in [1.29, 1.82) is 5.41 Å². The SMILES string of the molecule is COC(=N)C=CCC(=O)c1cc2cc(C)n(CCN3CCOCC3)c2s1. The number of methoxy groups -OCH3 is 1. The molecule has 0 aliphatic carbocycles. The fraction of sp³-hybridized carbons (Fsp3) is 0.474. The van der Waals surface area contributed by atoms with Gasteiger partial charge in [-0.05, 0) is 25.1 Å². The molecule has 7 heteroatoms. The van der Waals surface area contributed by atoms with Crippen LogP contribution in [0.3, 0.4) is 0 Å². The van der Waals surface area contributed by atoms with Gasteiger partial charge in [0.15, 0.2) is 5.78 Å². The van der Waals surface area contributed by atoms with Gasteiger partial charge in [0.2, 0.25) is 5.90 Å². The molecule has 0 spiro atoms. The lowest BCUT2D eigenvalue weighted by atomic mass is 10.2. The summed E-state index contributed by atoms with van der Waals surface area (Å²) in [5, 5.41) is 8.53. The first-order valence-electron chi connectivity index (χ1n) is 8.80. The number of nitrogens with zero attached hydrogens (tertiary/aromatic N) is 2. The summed E-state index contributed by atoms with van der Waals surface area (Å²) in [4.78, 5) is 16.7. The zero-order valence-electron chi connectivity index (χ0n) is 15.3. The summed E-state index contributed by atoms with van der Waals surface area (Å²) in [6.07, 6.45) is 3.47. The highest BCUT2D eigenvalue weighted by atomic mass is 32.1. The zero-order chi connectivity index (χ0) is 18.5. The van der Waals surface area contributed by atoms with Crippen LogP contribution in [0.15, 0.2) is 24.3 Å². The molecule has 2 aromatic heterocycles. The number of morpholine rings is 1. The lowest BCUT2D eigenvalue weighted by molar-refractivity contribution is 0.0365. The van der Waals surface area contributed by atoms with E-state index >= 15 is 0 Å². The van der Waals surface area contributed by atoms with E-state index in [1.165, 1.54) is 18.9 Å². The summed E-state index contributed by atoms with van der Waals surface area (Å²) in [6, 6.07) is 4.13. The van der Waals surface area contributed by atoms with E-state index in [0.29, 0.717) is 0 Å². The number of nitrogens with one attached hydrogen (secondary N) is 1. The third kappa shape index (κ3) is 4.41. The zero-order valence-corrected chi connectivity index (χ0v) is 16.1. The van der Waals surface area contributed by atoms with Crippen LogP contribution in [-0.2, 0) is 16.0 Å². The molecule has 1 N–H and O–H groups in total. The van der Waals surface area contributed by atoms with Crippen LogP contribution in [0.4, 0.5) is 0 Å². The van der Waals surface area contributed by atoms with E-state index in [4.69, 9.17) is 14.9 Å². The Morgan fingerprint density at radius 3 is 2.85 bits per heavy atom. The van der Waals surface area contributed by atoms with Crippen LogP contribution in [0.5, 0.6) is 0 Å². The van der Waals surface area contributed by atoms with Gasteiger partial charge in [-0.25, -0.2) is 0 Å². The highest BCUT2D eigenvalue weighted by molar-refractivity contribution is 7.20. The highest BCUT2D eigenvalue weighted by Gasteiger charge is 2.16. The number of hydrogen-bond donors (Lipinski definition) is 1. The number of rotatable bonds is 7. The molecule has 1 aliphatic heterocycles. The smallest absolute Gasteiger partial charge is 0.205 e. The van der Waals surface area contributed by atoms with Gasteiger partial charge in [-0.3, -0.25) is 15.1 Å². The van der Waals surface area contributed by atoms with Crippen LogP contribution in [0, 0.1) is 12.3 Å². The van der Waals surface area contributed by atoms with Gasteiger partial charge in [-0.15, -0.1) is 11.3 Å². The number of thiophene rings is 1. The van der Waals surface area contributed by atoms with Gasteiger partial charge < -0.3 is 14.0 Å². The first kappa shape index (κ1) is 18.8. The van der Waals surface area contributed by atoms with Gasteiger partial charge in [0.1, 0.15) is 4.83 Å². The van der Waals surface area contributed by atoms with Crippen molar-refractivity contribution >= 4 is 33.2 Å². The van der Waals surface area contributed by atoms with Crippen LogP contribution < -0.4 is 0 Å². The van der Waals surface area contributed by atoms with Gasteiger partial charge in [-0.1, -0.05) is 6.08 Å². The Bertz CT molecular complexity index is 815. The number of aromatic nitrogens is 1. The molecule has 1 aliphatic rings. The minimum Gasteiger partial charge on any atom is -0.481 e. The Kier molecular flexibility index (Phi) is 6.24. The van der Waals surface area contributed by atoms with Crippen molar-refractivity contribution in [2.45, 2.75) is 19.9 Å². The molecule has 140 valence electrons. The van der Waals surface area contributed by atoms with E-state index in [1.807, 2.05) is 6.07 Å². The molecule has 3 heterocycles. The van der Waals surface area contributed by atoms with Gasteiger partial charge in [0, 0.05) is 43.7 Å². The summed E-state index contributed by atoms with van der Waals surface area (Å²) in [5.41, 5.74) is 1.23. The minimum absolute atomic E-state index is 0.0549. The summed E-state index contributed by atoms with van der Waals surface area (Å²) >= 11 is 1.56. The molecule has 0 bridgehead atoms. The fourth-order valence-electron chi connectivity index (χ4n) is 3.10. The summed E-state index contributed by atoms with van der Waals surface area (Å²) < 4.78 is 12.5. The Morgan fingerprint density at radius 2 is 2.12 bits per heavy atom. The second-order valence-corrected chi connectivity index (χ2v) is 7.39. The molecule has 0 radical (unpaired) electrons. The van der Waals surface area contributed by atoms with Crippen LogP contribution in [-0.4, -0.2) is 61.1 Å². The predicted molar refractivity (Wildman–Crippen MR) is 105 cm³/mol. The molecule has 2 aromatic rings. The average Bonchev–Trinajstić information content (AvgIpc) is 3.18. The summed E-state index contributed by atoms with van der Waals surface area (Å²) in [5.74, 6) is 0.128. The van der Waals surface area contributed by atoms with Gasteiger partial charge in [-0.2, -0.15) is 0 Å². The number of hydrogen-bond acceptors (Lipinski definition) is 6. The maximum absolute atomic E-state index is 12.4. The lowest BCUT2D eigenvalue weighted by Gasteiger charge is -2.26. The second-order valence-electron chi connectivity index (χ2n) is 6.36. The second kappa shape index (κ2) is 8.62. The quantitative estimate of drug-likeness (QED) is 0.459. The van der Waals surface area contributed by atoms with Crippen LogP contribution in [0.25, 0.3) is 10.2 Å². The van der Waals surface area contributed by atoms with E-state index in [9.17, 15) is 4.79 Å². The Morgan fingerprint density at radius 1 is 1.35 bits per heavy atom. The highest BCUT2D eigenvalue weighted by Crippen LogP contribution is 2.30. The van der Waals surface area contributed by atoms with Crippen molar-refractivity contribution in [3.63, 3.8) is 0 Å². The van der Waals surface area contributed by atoms with E-state index in [2.05, 4.69) is 22.5 Å². The van der Waals surface area contributed by atoms with Crippen molar-refractivity contribution in [3.8, 4) is 0 Å². The van der Waals surface area contributed by atoms with Crippen LogP contribution in [0.1, 0.15) is 21.8 Å². The molecule has 1 fully saturated rings. The fourth-order valence-corrected chi connectivity index (χ4v) is 4.27. The number of carbonyl (C=O) groups is 1. The molecule has 0 unspecified atom stereocenters. The van der Waals surface area contributed by atoms with Gasteiger partial charge in [0.05, 0.1) is 25.2 Å². The molecule has 0 amide bonds.